The molecule has 58 valence electrons. The molecule has 1 aliphatic carbocycles. The van der Waals surface area contributed by atoms with Crippen molar-refractivity contribution in [1.82, 2.24) is 0 Å². The first-order chi connectivity index (χ1) is 5.38. The van der Waals surface area contributed by atoms with Gasteiger partial charge < -0.3 is 0 Å². The Morgan fingerprint density at radius 2 is 1.55 bits per heavy atom. The fourth-order valence-electron chi connectivity index (χ4n) is 1.14. The highest BCUT2D eigenvalue weighted by Gasteiger charge is 2.09. The van der Waals surface area contributed by atoms with Crippen LogP contribution >= 0.6 is 0 Å². The molecule has 0 spiro atoms. The average molecular weight is 162 g/mol. The lowest BCUT2D eigenvalue weighted by molar-refractivity contribution is 0.839. The number of aryl methyl sites for hydroxylation is 2. The van der Waals surface area contributed by atoms with Gasteiger partial charge in [0.05, 0.1) is 0 Å². The fourth-order valence-corrected chi connectivity index (χ4v) is 1.14. The lowest BCUT2D eigenvalue weighted by Crippen LogP contribution is -2.06. The van der Waals surface area contributed by atoms with Crippen molar-refractivity contribution >= 4 is 10.2 Å². The molecule has 0 radical (unpaired) electrons. The van der Waals surface area contributed by atoms with E-state index in [0.29, 0.717) is 0 Å². The molecule has 0 aliphatic heterocycles. The van der Waals surface area contributed by atoms with Crippen molar-refractivity contribution in [3.05, 3.63) is 47.7 Å². The lowest BCUT2D eigenvalue weighted by Gasteiger charge is -2.16. The highest BCUT2D eigenvalue weighted by Crippen LogP contribution is 2.20. The van der Waals surface area contributed by atoms with E-state index in [0.717, 1.165) is 10.2 Å². The maximum absolute atomic E-state index is 3.42. The Hall–Kier alpha value is -0.823. The number of benzene rings is 1. The molecule has 0 fully saturated rings. The zero-order valence-corrected chi connectivity index (χ0v) is 9.01. The predicted octanol–water partition coefficient (Wildman–Crippen LogP) is 1.28. The molecule has 0 bridgehead atoms. The first-order valence-electron chi connectivity index (χ1n) is 4.02. The molecule has 0 unspecified atom stereocenters. The smallest absolute Gasteiger partial charge is 0.0283 e. The second kappa shape index (κ2) is 4.14. The van der Waals surface area contributed by atoms with Crippen LogP contribution in [0.25, 0.3) is 0 Å². The van der Waals surface area contributed by atoms with Gasteiger partial charge in [-0.15, -0.1) is 12.3 Å². The summed E-state index contributed by atoms with van der Waals surface area (Å²) in [6, 6.07) is 8.63. The Kier molecular flexibility index (Phi) is 3.11. The van der Waals surface area contributed by atoms with Crippen LogP contribution in [0.5, 0.6) is 0 Å². The third kappa shape index (κ3) is 2.05. The van der Waals surface area contributed by atoms with Gasteiger partial charge in [-0.2, -0.15) is 0 Å². The molecule has 11 heavy (non-hydrogen) atoms. The summed E-state index contributed by atoms with van der Waals surface area (Å²) >= 11 is 0. The molecule has 1 heteroatoms. The van der Waals surface area contributed by atoms with Crippen LogP contribution in [0, 0.1) is 0 Å². The van der Waals surface area contributed by atoms with Crippen LogP contribution in [0.15, 0.2) is 36.5 Å². The van der Waals surface area contributed by atoms with E-state index in [9.17, 15) is 0 Å². The molecule has 1 aromatic carbocycles. The maximum Gasteiger partial charge on any atom is 0.0283 e. The molecule has 0 saturated heterocycles. The van der Waals surface area contributed by atoms with E-state index < -0.39 is 0 Å². The first kappa shape index (κ1) is 8.28. The van der Waals surface area contributed by atoms with Crippen molar-refractivity contribution in [1.29, 1.82) is 0 Å². The molecular weight excluding hydrogens is 148 g/mol. The molecule has 0 N–H and O–H groups in total. The minimum absolute atomic E-state index is 1.13. The summed E-state index contributed by atoms with van der Waals surface area (Å²) in [6.07, 6.45) is 2.60. The Morgan fingerprint density at radius 3 is 1.73 bits per heavy atom. The van der Waals surface area contributed by atoms with Crippen molar-refractivity contribution < 1.29 is 0 Å². The van der Waals surface area contributed by atoms with E-state index in [2.05, 4.69) is 30.8 Å². The third-order valence-corrected chi connectivity index (χ3v) is 1.78. The number of hydrogen-bond donors (Lipinski definition) is 0. The van der Waals surface area contributed by atoms with Crippen LogP contribution < -0.4 is 0 Å². The monoisotopic (exact) mass is 162 g/mol. The average Bonchev–Trinajstić information content (AvgIpc) is 1.94. The summed E-state index contributed by atoms with van der Waals surface area (Å²) in [5.41, 5.74) is 4.99. The van der Waals surface area contributed by atoms with Crippen molar-refractivity contribution in [2.45, 2.75) is 12.8 Å². The minimum atomic E-state index is 1.13. The largest absolute Gasteiger partial charge is 0.112 e. The molecule has 0 saturated carbocycles. The molecule has 1 aliphatic rings. The van der Waals surface area contributed by atoms with Gasteiger partial charge in [-0.3, -0.25) is 0 Å². The molecule has 0 heterocycles. The van der Waals surface area contributed by atoms with Crippen molar-refractivity contribution in [2.24, 2.45) is 0 Å². The van der Waals surface area contributed by atoms with Gasteiger partial charge >= 0.3 is 0 Å². The van der Waals surface area contributed by atoms with Crippen molar-refractivity contribution in [2.75, 3.05) is 0 Å². The third-order valence-electron chi connectivity index (χ3n) is 1.78. The van der Waals surface area contributed by atoms with E-state index in [1.807, 2.05) is 5.70 Å². The Labute approximate surface area is 71.4 Å². The zero-order chi connectivity index (χ0) is 8.10. The Bertz CT molecular complexity index is 217. The summed E-state index contributed by atoms with van der Waals surface area (Å²) in [6.45, 7) is 3.42. The molecule has 1 aromatic rings. The molecular formula is C10H14Si. The van der Waals surface area contributed by atoms with Crippen LogP contribution in [-0.4, -0.2) is 10.2 Å². The van der Waals surface area contributed by atoms with Gasteiger partial charge in [0.1, 0.15) is 0 Å². The Balaban J connectivity index is 0.000000179. The second-order valence-electron chi connectivity index (χ2n) is 2.68. The van der Waals surface area contributed by atoms with Gasteiger partial charge in [-0.05, 0) is 24.0 Å². The van der Waals surface area contributed by atoms with Crippen LogP contribution in [0.3, 0.4) is 0 Å². The lowest BCUT2D eigenvalue weighted by atomic mass is 9.89. The highest BCUT2D eigenvalue weighted by atomic mass is 28.1. The number of hydrogen-bond acceptors (Lipinski definition) is 0. The summed E-state index contributed by atoms with van der Waals surface area (Å²) in [5, 5.41) is 0. The maximum atomic E-state index is 3.42. The van der Waals surface area contributed by atoms with E-state index >= 15 is 0 Å². The van der Waals surface area contributed by atoms with Gasteiger partial charge in [0.15, 0.2) is 0 Å². The molecule has 0 atom stereocenters. The van der Waals surface area contributed by atoms with Crippen molar-refractivity contribution in [3.8, 4) is 0 Å². The van der Waals surface area contributed by atoms with E-state index in [1.165, 1.54) is 12.8 Å². The zero-order valence-electron chi connectivity index (χ0n) is 7.01. The quantitative estimate of drug-likeness (QED) is 0.504. The minimum Gasteiger partial charge on any atom is -0.112 e. The van der Waals surface area contributed by atoms with E-state index in [-0.39, 0.29) is 0 Å². The number of rotatable bonds is 0. The van der Waals surface area contributed by atoms with Gasteiger partial charge in [-0.25, -0.2) is 0 Å². The van der Waals surface area contributed by atoms with Crippen LogP contribution in [0.4, 0.5) is 0 Å². The first-order valence-corrected chi connectivity index (χ1v) is 5.17. The fraction of sp³-hybridized carbons (Fsp3) is 0.200. The molecule has 2 rings (SSSR count). The van der Waals surface area contributed by atoms with E-state index in [1.54, 1.807) is 11.1 Å². The van der Waals surface area contributed by atoms with E-state index in [4.69, 9.17) is 0 Å². The second-order valence-corrected chi connectivity index (χ2v) is 3.49. The number of fused-ring (bicyclic) bond motifs is 1. The molecule has 0 aromatic heterocycles. The highest BCUT2D eigenvalue weighted by molar-refractivity contribution is 6.16. The summed E-state index contributed by atoms with van der Waals surface area (Å²) < 4.78 is 0. The summed E-state index contributed by atoms with van der Waals surface area (Å²) in [7, 11) is 1.13. The Morgan fingerprint density at radius 1 is 1.18 bits per heavy atom. The van der Waals surface area contributed by atoms with Gasteiger partial charge in [0.2, 0.25) is 0 Å². The SMILES string of the molecule is C=C[SiH3].c1ccc2c(c1)CC2. The van der Waals surface area contributed by atoms with Gasteiger partial charge in [0, 0.05) is 10.2 Å². The van der Waals surface area contributed by atoms with Gasteiger partial charge in [0.25, 0.3) is 0 Å². The van der Waals surface area contributed by atoms with Crippen LogP contribution in [0.1, 0.15) is 11.1 Å². The molecule has 0 amide bonds. The van der Waals surface area contributed by atoms with Crippen LogP contribution in [-0.2, 0) is 12.8 Å². The standard InChI is InChI=1S/C8H8.C2H6Si/c1-2-4-8-6-5-7(8)3-1;1-2-3/h1-4H,5-6H2;2H,1H2,3H3. The summed E-state index contributed by atoms with van der Waals surface area (Å²) in [4.78, 5) is 0. The summed E-state index contributed by atoms with van der Waals surface area (Å²) in [5.74, 6) is 0. The topological polar surface area (TPSA) is 0 Å². The predicted molar refractivity (Wildman–Crippen MR) is 54.0 cm³/mol. The van der Waals surface area contributed by atoms with Gasteiger partial charge in [-0.1, -0.05) is 24.3 Å². The normalized spacial score (nSPS) is 12.0. The molecule has 0 nitrogen and oxygen atoms in total. The van der Waals surface area contributed by atoms with Crippen LogP contribution in [0.2, 0.25) is 0 Å². The van der Waals surface area contributed by atoms with Crippen molar-refractivity contribution in [3.63, 3.8) is 0 Å².